The summed E-state index contributed by atoms with van der Waals surface area (Å²) >= 11 is 1.79. The van der Waals surface area contributed by atoms with Gasteiger partial charge in [-0.15, -0.1) is 11.8 Å². The summed E-state index contributed by atoms with van der Waals surface area (Å²) in [5.41, 5.74) is 4.96. The van der Waals surface area contributed by atoms with Crippen LogP contribution in [0.3, 0.4) is 0 Å². The van der Waals surface area contributed by atoms with Gasteiger partial charge >= 0.3 is 0 Å². The van der Waals surface area contributed by atoms with E-state index in [1.807, 2.05) is 25.1 Å². The number of thioether (sulfide) groups is 1. The Bertz CT molecular complexity index is 541. The maximum atomic E-state index is 9.78. The Morgan fingerprint density at radius 1 is 1.05 bits per heavy atom. The molecule has 0 aliphatic heterocycles. The summed E-state index contributed by atoms with van der Waals surface area (Å²) in [4.78, 5) is 1.16. The Morgan fingerprint density at radius 3 is 2.32 bits per heavy atom. The second kappa shape index (κ2) is 6.27. The van der Waals surface area contributed by atoms with Crippen molar-refractivity contribution in [2.45, 2.75) is 37.5 Å². The molecule has 2 aromatic rings. The zero-order valence-corrected chi connectivity index (χ0v) is 12.5. The lowest BCUT2D eigenvalue weighted by molar-refractivity contribution is 0.196. The van der Waals surface area contributed by atoms with Crippen LogP contribution in [0.4, 0.5) is 0 Å². The van der Waals surface area contributed by atoms with Gasteiger partial charge in [-0.3, -0.25) is 0 Å². The number of aliphatic hydroxyl groups is 1. The second-order valence-corrected chi connectivity index (χ2v) is 6.02. The van der Waals surface area contributed by atoms with E-state index in [0.717, 1.165) is 16.2 Å². The van der Waals surface area contributed by atoms with Crippen LogP contribution in [-0.4, -0.2) is 5.11 Å². The number of aliphatic hydroxyl groups excluding tert-OH is 1. The fraction of sp³-hybridized carbons (Fsp3) is 0.294. The molecule has 0 saturated carbocycles. The molecule has 1 unspecified atom stereocenters. The van der Waals surface area contributed by atoms with Crippen LogP contribution in [0.25, 0.3) is 0 Å². The molecule has 0 aromatic heterocycles. The number of benzene rings is 2. The first kappa shape index (κ1) is 14.2. The number of hydrogen-bond donors (Lipinski definition) is 1. The average molecular weight is 272 g/mol. The largest absolute Gasteiger partial charge is 0.389 e. The summed E-state index contributed by atoms with van der Waals surface area (Å²) < 4.78 is 0. The SMILES string of the molecule is Cc1cc(C)cc(CSc2ccccc2C(C)O)c1. The van der Waals surface area contributed by atoms with Crippen LogP contribution in [0.1, 0.15) is 35.3 Å². The maximum absolute atomic E-state index is 9.78. The predicted molar refractivity (Wildman–Crippen MR) is 82.6 cm³/mol. The normalized spacial score (nSPS) is 12.4. The molecule has 2 rings (SSSR count). The molecule has 0 spiro atoms. The zero-order valence-electron chi connectivity index (χ0n) is 11.7. The van der Waals surface area contributed by atoms with E-state index < -0.39 is 6.10 Å². The lowest BCUT2D eigenvalue weighted by Gasteiger charge is -2.11. The molecule has 0 amide bonds. The van der Waals surface area contributed by atoms with Crippen LogP contribution >= 0.6 is 11.8 Å². The molecule has 0 heterocycles. The van der Waals surface area contributed by atoms with Gasteiger partial charge in [0.2, 0.25) is 0 Å². The van der Waals surface area contributed by atoms with Crippen molar-refractivity contribution in [2.75, 3.05) is 0 Å². The average Bonchev–Trinajstić information content (AvgIpc) is 2.35. The second-order valence-electron chi connectivity index (χ2n) is 5.00. The van der Waals surface area contributed by atoms with Crippen LogP contribution in [0, 0.1) is 13.8 Å². The van der Waals surface area contributed by atoms with E-state index in [1.165, 1.54) is 16.7 Å². The standard InChI is InChI=1S/C17H20OS/c1-12-8-13(2)10-15(9-12)11-19-17-7-5-4-6-16(17)14(3)18/h4-10,14,18H,11H2,1-3H3. The Kier molecular flexibility index (Phi) is 4.67. The summed E-state index contributed by atoms with van der Waals surface area (Å²) in [7, 11) is 0. The van der Waals surface area contributed by atoms with Gasteiger partial charge in [0.15, 0.2) is 0 Å². The molecule has 1 N–H and O–H groups in total. The zero-order chi connectivity index (χ0) is 13.8. The molecule has 2 heteroatoms. The van der Waals surface area contributed by atoms with E-state index in [4.69, 9.17) is 0 Å². The lowest BCUT2D eigenvalue weighted by Crippen LogP contribution is -1.94. The molecular formula is C17H20OS. The first-order valence-electron chi connectivity index (χ1n) is 6.53. The van der Waals surface area contributed by atoms with Crippen LogP contribution in [-0.2, 0) is 5.75 Å². The first-order valence-corrected chi connectivity index (χ1v) is 7.52. The molecule has 0 radical (unpaired) electrons. The molecule has 100 valence electrons. The highest BCUT2D eigenvalue weighted by Crippen LogP contribution is 2.30. The van der Waals surface area contributed by atoms with E-state index >= 15 is 0 Å². The highest BCUT2D eigenvalue weighted by atomic mass is 32.2. The summed E-state index contributed by atoms with van der Waals surface area (Å²) in [6.07, 6.45) is -0.414. The van der Waals surface area contributed by atoms with Gasteiger partial charge in [0, 0.05) is 10.6 Å². The van der Waals surface area contributed by atoms with Crippen molar-refractivity contribution in [3.63, 3.8) is 0 Å². The van der Waals surface area contributed by atoms with Crippen molar-refractivity contribution >= 4 is 11.8 Å². The van der Waals surface area contributed by atoms with Gasteiger partial charge in [0.1, 0.15) is 0 Å². The summed E-state index contributed by atoms with van der Waals surface area (Å²) in [5.74, 6) is 0.937. The minimum absolute atomic E-state index is 0.414. The first-order chi connectivity index (χ1) is 9.06. The Hall–Kier alpha value is -1.25. The summed E-state index contributed by atoms with van der Waals surface area (Å²) in [5, 5.41) is 9.78. The minimum atomic E-state index is -0.414. The summed E-state index contributed by atoms with van der Waals surface area (Å²) in [6, 6.07) is 14.7. The van der Waals surface area contributed by atoms with Crippen molar-refractivity contribution in [3.05, 3.63) is 64.7 Å². The van der Waals surface area contributed by atoms with Gasteiger partial charge < -0.3 is 5.11 Å². The van der Waals surface area contributed by atoms with Crippen LogP contribution < -0.4 is 0 Å². The van der Waals surface area contributed by atoms with Gasteiger partial charge in [0.25, 0.3) is 0 Å². The van der Waals surface area contributed by atoms with Crippen molar-refractivity contribution in [1.29, 1.82) is 0 Å². The Morgan fingerprint density at radius 2 is 1.68 bits per heavy atom. The van der Waals surface area contributed by atoms with Crippen molar-refractivity contribution in [3.8, 4) is 0 Å². The van der Waals surface area contributed by atoms with Gasteiger partial charge in [-0.05, 0) is 38.0 Å². The van der Waals surface area contributed by atoms with Crippen LogP contribution in [0.15, 0.2) is 47.4 Å². The molecule has 2 aromatic carbocycles. The topological polar surface area (TPSA) is 20.2 Å². The molecule has 0 fully saturated rings. The molecule has 1 nitrogen and oxygen atoms in total. The Balaban J connectivity index is 2.14. The predicted octanol–water partition coefficient (Wildman–Crippen LogP) is 4.65. The monoisotopic (exact) mass is 272 g/mol. The molecule has 1 atom stereocenters. The molecule has 0 aliphatic carbocycles. The fourth-order valence-electron chi connectivity index (χ4n) is 2.27. The van der Waals surface area contributed by atoms with Crippen molar-refractivity contribution in [2.24, 2.45) is 0 Å². The maximum Gasteiger partial charge on any atom is 0.0772 e. The fourth-order valence-corrected chi connectivity index (χ4v) is 3.34. The Labute approximate surface area is 119 Å². The quantitative estimate of drug-likeness (QED) is 0.818. The smallest absolute Gasteiger partial charge is 0.0772 e. The van der Waals surface area contributed by atoms with Gasteiger partial charge in [-0.25, -0.2) is 0 Å². The third-order valence-corrected chi connectivity index (χ3v) is 4.21. The third-order valence-electron chi connectivity index (χ3n) is 3.04. The molecule has 0 saturated heterocycles. The van der Waals surface area contributed by atoms with Gasteiger partial charge in [-0.2, -0.15) is 0 Å². The van der Waals surface area contributed by atoms with E-state index in [9.17, 15) is 5.11 Å². The van der Waals surface area contributed by atoms with Gasteiger partial charge in [0.05, 0.1) is 6.10 Å². The molecule has 19 heavy (non-hydrogen) atoms. The van der Waals surface area contributed by atoms with Crippen molar-refractivity contribution < 1.29 is 5.11 Å². The van der Waals surface area contributed by atoms with E-state index in [-0.39, 0.29) is 0 Å². The highest BCUT2D eigenvalue weighted by Gasteiger charge is 2.07. The minimum Gasteiger partial charge on any atom is -0.389 e. The number of rotatable bonds is 4. The lowest BCUT2D eigenvalue weighted by atomic mass is 10.1. The van der Waals surface area contributed by atoms with Gasteiger partial charge in [-0.1, -0.05) is 47.5 Å². The molecule has 0 bridgehead atoms. The number of aryl methyl sites for hydroxylation is 2. The van der Waals surface area contributed by atoms with Crippen molar-refractivity contribution in [1.82, 2.24) is 0 Å². The molecule has 0 aliphatic rings. The highest BCUT2D eigenvalue weighted by molar-refractivity contribution is 7.98. The summed E-state index contributed by atoms with van der Waals surface area (Å²) in [6.45, 7) is 6.08. The third kappa shape index (κ3) is 3.85. The van der Waals surface area contributed by atoms with Crippen LogP contribution in [0.5, 0.6) is 0 Å². The van der Waals surface area contributed by atoms with E-state index in [0.29, 0.717) is 0 Å². The van der Waals surface area contributed by atoms with Crippen LogP contribution in [0.2, 0.25) is 0 Å². The number of hydrogen-bond acceptors (Lipinski definition) is 2. The molecular weight excluding hydrogens is 252 g/mol. The van der Waals surface area contributed by atoms with E-state index in [1.54, 1.807) is 11.8 Å². The van der Waals surface area contributed by atoms with E-state index in [2.05, 4.69) is 38.1 Å².